The highest BCUT2D eigenvalue weighted by Crippen LogP contribution is 2.37. The summed E-state index contributed by atoms with van der Waals surface area (Å²) in [7, 11) is 0. The topological polar surface area (TPSA) is 131 Å². The van der Waals surface area contributed by atoms with E-state index in [0.717, 1.165) is 11.1 Å². The number of hydrogen-bond donors (Lipinski definition) is 2. The van der Waals surface area contributed by atoms with Crippen LogP contribution in [0.25, 0.3) is 6.08 Å². The molecule has 3 aromatic carbocycles. The predicted octanol–water partition coefficient (Wildman–Crippen LogP) is 3.98. The van der Waals surface area contributed by atoms with Gasteiger partial charge in [-0.25, -0.2) is 9.40 Å². The number of para-hydroxylation sites is 1. The van der Waals surface area contributed by atoms with Crippen LogP contribution in [0.3, 0.4) is 0 Å². The highest BCUT2D eigenvalue weighted by atomic mass is 79.9. The zero-order valence-electron chi connectivity index (χ0n) is 18.2. The molecule has 4 rings (SSSR count). The van der Waals surface area contributed by atoms with Gasteiger partial charge in [-0.2, -0.15) is 0 Å². The normalized spacial score (nSPS) is 14.1. The molecule has 1 aliphatic heterocycles. The molecule has 1 aliphatic rings. The number of carbonyl (C=O) groups is 3. The minimum Gasteiger partial charge on any atom is -0.476 e. The third-order valence-corrected chi connectivity index (χ3v) is 5.52. The second-order valence-corrected chi connectivity index (χ2v) is 8.28. The highest BCUT2D eigenvalue weighted by Gasteiger charge is 2.34. The van der Waals surface area contributed by atoms with E-state index < -0.39 is 40.8 Å². The first-order chi connectivity index (χ1) is 17.2. The number of hydrogen-bond acceptors (Lipinski definition) is 6. The van der Waals surface area contributed by atoms with Crippen molar-refractivity contribution < 1.29 is 28.4 Å². The molecule has 0 unspecified atom stereocenters. The van der Waals surface area contributed by atoms with E-state index in [1.807, 2.05) is 0 Å². The minimum atomic E-state index is -0.715. The summed E-state index contributed by atoms with van der Waals surface area (Å²) in [5.74, 6) is -2.60. The minimum absolute atomic E-state index is 0.129. The first-order valence-electron chi connectivity index (χ1n) is 10.3. The molecule has 3 aromatic rings. The van der Waals surface area contributed by atoms with Crippen LogP contribution in [0, 0.1) is 15.9 Å². The van der Waals surface area contributed by atoms with Gasteiger partial charge in [-0.1, -0.05) is 18.2 Å². The second kappa shape index (κ2) is 10.4. The lowest BCUT2D eigenvalue weighted by Gasteiger charge is -2.13. The van der Waals surface area contributed by atoms with Crippen molar-refractivity contribution in [2.24, 2.45) is 0 Å². The van der Waals surface area contributed by atoms with Crippen LogP contribution < -0.4 is 20.5 Å². The van der Waals surface area contributed by atoms with E-state index in [4.69, 9.17) is 4.74 Å². The summed E-state index contributed by atoms with van der Waals surface area (Å²) in [6.45, 7) is -0.565. The molecule has 12 heteroatoms. The van der Waals surface area contributed by atoms with Gasteiger partial charge in [0.25, 0.3) is 17.7 Å². The van der Waals surface area contributed by atoms with Crippen LogP contribution in [0.15, 0.2) is 76.8 Å². The molecule has 1 saturated heterocycles. The SMILES string of the molecule is O=C(COc1c(Br)cc(/C=C2/C(=O)NN(c3ccccc3)C2=O)cc1[N+](=O)[O-])Nc1ccc(F)cc1. The van der Waals surface area contributed by atoms with E-state index in [1.54, 1.807) is 30.3 Å². The number of carbonyl (C=O) groups excluding carboxylic acids is 3. The lowest BCUT2D eigenvalue weighted by atomic mass is 10.1. The van der Waals surface area contributed by atoms with Crippen LogP contribution in [0.4, 0.5) is 21.5 Å². The van der Waals surface area contributed by atoms with Crippen molar-refractivity contribution in [1.82, 2.24) is 5.43 Å². The van der Waals surface area contributed by atoms with Crippen LogP contribution in [-0.4, -0.2) is 29.3 Å². The van der Waals surface area contributed by atoms with Gasteiger partial charge in [0, 0.05) is 11.8 Å². The average Bonchev–Trinajstić information content (AvgIpc) is 3.13. The van der Waals surface area contributed by atoms with Gasteiger partial charge in [-0.05, 0) is 70.0 Å². The molecule has 0 saturated carbocycles. The Morgan fingerprint density at radius 2 is 1.83 bits per heavy atom. The molecule has 2 N–H and O–H groups in total. The van der Waals surface area contributed by atoms with Crippen LogP contribution in [0.5, 0.6) is 5.75 Å². The van der Waals surface area contributed by atoms with Crippen LogP contribution >= 0.6 is 15.9 Å². The number of amides is 3. The van der Waals surface area contributed by atoms with Crippen LogP contribution in [-0.2, 0) is 14.4 Å². The van der Waals surface area contributed by atoms with Gasteiger partial charge < -0.3 is 10.1 Å². The second-order valence-electron chi connectivity index (χ2n) is 7.43. The lowest BCUT2D eigenvalue weighted by molar-refractivity contribution is -0.385. The van der Waals surface area contributed by atoms with E-state index in [9.17, 15) is 28.9 Å². The molecular formula is C24H16BrFN4O6. The summed E-state index contributed by atoms with van der Waals surface area (Å²) in [6, 6.07) is 16.0. The lowest BCUT2D eigenvalue weighted by Crippen LogP contribution is -2.35. The van der Waals surface area contributed by atoms with Crippen LogP contribution in [0.1, 0.15) is 5.56 Å². The quantitative estimate of drug-likeness (QED) is 0.196. The average molecular weight is 555 g/mol. The Bertz CT molecular complexity index is 1400. The standard InChI is InChI=1S/C24H16BrFN4O6/c25-19-11-14(10-18-23(32)28-29(24(18)33)17-4-2-1-3-5-17)12-20(30(34)35)22(19)36-13-21(31)27-16-8-6-15(26)7-9-16/h1-12H,13H2,(H,27,31)(H,28,32)/b18-10-. The molecule has 1 fully saturated rings. The number of nitro benzene ring substituents is 1. The predicted molar refractivity (Wildman–Crippen MR) is 131 cm³/mol. The number of halogens is 2. The van der Waals surface area contributed by atoms with Crippen molar-refractivity contribution in [2.45, 2.75) is 0 Å². The third-order valence-electron chi connectivity index (χ3n) is 4.94. The molecule has 0 aliphatic carbocycles. The van der Waals surface area contributed by atoms with E-state index >= 15 is 0 Å². The van der Waals surface area contributed by atoms with Crippen molar-refractivity contribution in [3.8, 4) is 5.75 Å². The number of anilines is 2. The number of nitro groups is 1. The number of rotatable bonds is 7. The number of benzene rings is 3. The van der Waals surface area contributed by atoms with E-state index in [0.29, 0.717) is 11.4 Å². The van der Waals surface area contributed by atoms with Crippen molar-refractivity contribution in [1.29, 1.82) is 0 Å². The van der Waals surface area contributed by atoms with Crippen molar-refractivity contribution in [3.05, 3.63) is 98.3 Å². The molecule has 0 spiro atoms. The summed E-state index contributed by atoms with van der Waals surface area (Å²) in [6.07, 6.45) is 1.23. The van der Waals surface area contributed by atoms with Gasteiger partial charge in [0.2, 0.25) is 5.75 Å². The zero-order valence-corrected chi connectivity index (χ0v) is 19.8. The Morgan fingerprint density at radius 3 is 2.50 bits per heavy atom. The summed E-state index contributed by atoms with van der Waals surface area (Å²) >= 11 is 3.19. The molecule has 10 nitrogen and oxygen atoms in total. The van der Waals surface area contributed by atoms with Crippen molar-refractivity contribution in [3.63, 3.8) is 0 Å². The number of nitrogens with one attached hydrogen (secondary N) is 2. The molecule has 0 atom stereocenters. The van der Waals surface area contributed by atoms with Crippen molar-refractivity contribution in [2.75, 3.05) is 16.9 Å². The fourth-order valence-corrected chi connectivity index (χ4v) is 3.89. The van der Waals surface area contributed by atoms with E-state index in [-0.39, 0.29) is 21.4 Å². The Kier molecular flexibility index (Phi) is 7.06. The van der Waals surface area contributed by atoms with Crippen LogP contribution in [0.2, 0.25) is 0 Å². The molecule has 0 bridgehead atoms. The maximum atomic E-state index is 13.0. The number of nitrogens with zero attached hydrogens (tertiary/aromatic N) is 2. The maximum Gasteiger partial charge on any atom is 0.312 e. The van der Waals surface area contributed by atoms with E-state index in [2.05, 4.69) is 26.7 Å². The van der Waals surface area contributed by atoms with Gasteiger partial charge in [-0.15, -0.1) is 0 Å². The Morgan fingerprint density at radius 1 is 1.14 bits per heavy atom. The van der Waals surface area contributed by atoms with Gasteiger partial charge >= 0.3 is 5.69 Å². The molecule has 36 heavy (non-hydrogen) atoms. The Hall–Kier alpha value is -4.58. The third kappa shape index (κ3) is 5.39. The molecule has 3 amide bonds. The summed E-state index contributed by atoms with van der Waals surface area (Å²) in [5, 5.41) is 15.3. The molecule has 182 valence electrons. The van der Waals surface area contributed by atoms with Crippen molar-refractivity contribution >= 4 is 56.8 Å². The van der Waals surface area contributed by atoms with Gasteiger partial charge in [0.05, 0.1) is 15.1 Å². The fourth-order valence-electron chi connectivity index (χ4n) is 3.31. The smallest absolute Gasteiger partial charge is 0.312 e. The first-order valence-corrected chi connectivity index (χ1v) is 11.1. The number of ether oxygens (including phenoxy) is 1. The fraction of sp³-hybridized carbons (Fsp3) is 0.0417. The van der Waals surface area contributed by atoms with Gasteiger partial charge in [0.1, 0.15) is 11.4 Å². The largest absolute Gasteiger partial charge is 0.476 e. The van der Waals surface area contributed by atoms with Gasteiger partial charge in [0.15, 0.2) is 6.61 Å². The van der Waals surface area contributed by atoms with E-state index in [1.165, 1.54) is 36.4 Å². The number of hydrazine groups is 1. The summed E-state index contributed by atoms with van der Waals surface area (Å²) in [5.41, 5.74) is 2.71. The summed E-state index contributed by atoms with van der Waals surface area (Å²) < 4.78 is 18.5. The maximum absolute atomic E-state index is 13.0. The molecular weight excluding hydrogens is 539 g/mol. The summed E-state index contributed by atoms with van der Waals surface area (Å²) in [4.78, 5) is 48.3. The zero-order chi connectivity index (χ0) is 25.8. The Balaban J connectivity index is 1.54. The molecule has 1 heterocycles. The molecule has 0 aromatic heterocycles. The molecule has 0 radical (unpaired) electrons. The monoisotopic (exact) mass is 554 g/mol. The Labute approximate surface area is 211 Å². The van der Waals surface area contributed by atoms with Gasteiger partial charge in [-0.3, -0.25) is 29.9 Å². The highest BCUT2D eigenvalue weighted by molar-refractivity contribution is 9.10. The first kappa shape index (κ1) is 24.5.